The molecule has 2 heterocycles. The second-order valence-electron chi connectivity index (χ2n) is 3.86. The van der Waals surface area contributed by atoms with Crippen molar-refractivity contribution in [2.24, 2.45) is 7.05 Å². The van der Waals surface area contributed by atoms with E-state index in [-0.39, 0.29) is 0 Å². The first-order valence-electron chi connectivity index (χ1n) is 5.30. The number of pyridine rings is 1. The molecule has 0 saturated carbocycles. The number of aryl methyl sites for hydroxylation is 2. The Morgan fingerprint density at radius 2 is 2.12 bits per heavy atom. The molecule has 0 aromatic carbocycles. The summed E-state index contributed by atoms with van der Waals surface area (Å²) in [5, 5.41) is 5.09. The van der Waals surface area contributed by atoms with Crippen molar-refractivity contribution in [3.05, 3.63) is 35.3 Å². The Morgan fingerprint density at radius 3 is 2.59 bits per heavy atom. The Balaban J connectivity index is 2.25. The molecule has 0 spiro atoms. The van der Waals surface area contributed by atoms with E-state index in [1.54, 1.807) is 10.9 Å². The Morgan fingerprint density at radius 1 is 1.35 bits per heavy atom. The summed E-state index contributed by atoms with van der Waals surface area (Å²) in [6.07, 6.45) is 1.80. The van der Waals surface area contributed by atoms with Crippen LogP contribution in [0.4, 0.5) is 0 Å². The first kappa shape index (κ1) is 12.1. The standard InChI is InChI=1S/C12H14BrN3O/c1-8-12(9(2)16(3)15-8)17-11-5-4-10(6-13)7-14-11/h4-5,7H,6H2,1-3H3. The number of alkyl halides is 1. The third-order valence-corrected chi connectivity index (χ3v) is 3.25. The number of nitrogens with zero attached hydrogens (tertiary/aromatic N) is 3. The maximum absolute atomic E-state index is 5.75. The van der Waals surface area contributed by atoms with Crippen molar-refractivity contribution in [1.82, 2.24) is 14.8 Å². The number of halogens is 1. The second kappa shape index (κ2) is 4.87. The van der Waals surface area contributed by atoms with Crippen molar-refractivity contribution in [1.29, 1.82) is 0 Å². The molecule has 0 aliphatic carbocycles. The zero-order valence-corrected chi connectivity index (χ0v) is 11.7. The van der Waals surface area contributed by atoms with Crippen LogP contribution in [0.5, 0.6) is 11.6 Å². The summed E-state index contributed by atoms with van der Waals surface area (Å²) in [5.74, 6) is 1.38. The van der Waals surface area contributed by atoms with Crippen LogP contribution in [0.25, 0.3) is 0 Å². The normalized spacial score (nSPS) is 10.6. The summed E-state index contributed by atoms with van der Waals surface area (Å²) in [7, 11) is 1.90. The molecule has 0 atom stereocenters. The van der Waals surface area contributed by atoms with Crippen LogP contribution in [-0.2, 0) is 12.4 Å². The van der Waals surface area contributed by atoms with E-state index in [0.717, 1.165) is 28.0 Å². The van der Waals surface area contributed by atoms with Crippen LogP contribution in [0.2, 0.25) is 0 Å². The molecule has 90 valence electrons. The monoisotopic (exact) mass is 295 g/mol. The Hall–Kier alpha value is -1.36. The van der Waals surface area contributed by atoms with E-state index in [1.807, 2.05) is 33.0 Å². The third-order valence-electron chi connectivity index (χ3n) is 2.60. The molecular formula is C12H14BrN3O. The van der Waals surface area contributed by atoms with Crippen molar-refractivity contribution >= 4 is 15.9 Å². The molecule has 2 aromatic heterocycles. The maximum Gasteiger partial charge on any atom is 0.219 e. The molecule has 0 aliphatic heterocycles. The number of ether oxygens (including phenoxy) is 1. The van der Waals surface area contributed by atoms with Crippen molar-refractivity contribution in [3.63, 3.8) is 0 Å². The van der Waals surface area contributed by atoms with Gasteiger partial charge in [0, 0.05) is 24.6 Å². The lowest BCUT2D eigenvalue weighted by Gasteiger charge is -2.05. The van der Waals surface area contributed by atoms with Gasteiger partial charge in [0.2, 0.25) is 5.88 Å². The van der Waals surface area contributed by atoms with Gasteiger partial charge >= 0.3 is 0 Å². The fourth-order valence-corrected chi connectivity index (χ4v) is 1.89. The van der Waals surface area contributed by atoms with Gasteiger partial charge in [-0.25, -0.2) is 4.98 Å². The van der Waals surface area contributed by atoms with Crippen molar-refractivity contribution < 1.29 is 4.74 Å². The SMILES string of the molecule is Cc1nn(C)c(C)c1Oc1ccc(CBr)cn1. The van der Waals surface area contributed by atoms with Gasteiger partial charge in [-0.1, -0.05) is 22.0 Å². The predicted molar refractivity (Wildman–Crippen MR) is 69.6 cm³/mol. The van der Waals surface area contributed by atoms with E-state index >= 15 is 0 Å². The van der Waals surface area contributed by atoms with E-state index in [2.05, 4.69) is 26.0 Å². The average molecular weight is 296 g/mol. The number of aromatic nitrogens is 3. The lowest BCUT2D eigenvalue weighted by Crippen LogP contribution is -1.94. The average Bonchev–Trinajstić information content (AvgIpc) is 2.57. The summed E-state index contributed by atoms with van der Waals surface area (Å²) in [4.78, 5) is 4.25. The van der Waals surface area contributed by atoms with Gasteiger partial charge in [0.05, 0.1) is 5.69 Å². The van der Waals surface area contributed by atoms with Crippen molar-refractivity contribution in [2.45, 2.75) is 19.2 Å². The summed E-state index contributed by atoms with van der Waals surface area (Å²) in [6, 6.07) is 3.85. The molecule has 2 aromatic rings. The van der Waals surface area contributed by atoms with Gasteiger partial charge < -0.3 is 4.74 Å². The minimum Gasteiger partial charge on any atom is -0.435 e. The van der Waals surface area contributed by atoms with E-state index in [1.165, 1.54) is 0 Å². The number of hydrogen-bond donors (Lipinski definition) is 0. The highest BCUT2D eigenvalue weighted by molar-refractivity contribution is 9.08. The second-order valence-corrected chi connectivity index (χ2v) is 4.42. The minimum absolute atomic E-state index is 0.592. The van der Waals surface area contributed by atoms with Gasteiger partial charge in [-0.2, -0.15) is 5.10 Å². The summed E-state index contributed by atoms with van der Waals surface area (Å²) in [5.41, 5.74) is 2.99. The lowest BCUT2D eigenvalue weighted by molar-refractivity contribution is 0.455. The molecular weight excluding hydrogens is 282 g/mol. The van der Waals surface area contributed by atoms with E-state index in [4.69, 9.17) is 4.74 Å². The van der Waals surface area contributed by atoms with E-state index in [9.17, 15) is 0 Å². The Kier molecular flexibility index (Phi) is 3.47. The van der Waals surface area contributed by atoms with Crippen LogP contribution >= 0.6 is 15.9 Å². The zero-order chi connectivity index (χ0) is 12.4. The Bertz CT molecular complexity index is 519. The molecule has 0 radical (unpaired) electrons. The van der Waals surface area contributed by atoms with Crippen LogP contribution in [0.3, 0.4) is 0 Å². The Labute approximate surface area is 109 Å². The molecule has 0 saturated heterocycles. The molecule has 0 unspecified atom stereocenters. The fourth-order valence-electron chi connectivity index (χ4n) is 1.56. The largest absolute Gasteiger partial charge is 0.435 e. The van der Waals surface area contributed by atoms with Crippen LogP contribution in [-0.4, -0.2) is 14.8 Å². The van der Waals surface area contributed by atoms with Crippen LogP contribution < -0.4 is 4.74 Å². The maximum atomic E-state index is 5.75. The molecule has 2 rings (SSSR count). The van der Waals surface area contributed by atoms with Gasteiger partial charge in [-0.15, -0.1) is 0 Å². The fraction of sp³-hybridized carbons (Fsp3) is 0.333. The summed E-state index contributed by atoms with van der Waals surface area (Å²) >= 11 is 3.38. The van der Waals surface area contributed by atoms with Gasteiger partial charge in [0.15, 0.2) is 5.75 Å². The highest BCUT2D eigenvalue weighted by Gasteiger charge is 2.11. The van der Waals surface area contributed by atoms with Crippen molar-refractivity contribution in [3.8, 4) is 11.6 Å². The van der Waals surface area contributed by atoms with Crippen LogP contribution in [0.1, 0.15) is 17.0 Å². The molecule has 0 N–H and O–H groups in total. The molecule has 17 heavy (non-hydrogen) atoms. The summed E-state index contributed by atoms with van der Waals surface area (Å²) in [6.45, 7) is 3.90. The smallest absolute Gasteiger partial charge is 0.219 e. The molecule has 0 fully saturated rings. The molecule has 0 aliphatic rings. The van der Waals surface area contributed by atoms with Crippen molar-refractivity contribution in [2.75, 3.05) is 0 Å². The quantitative estimate of drug-likeness (QED) is 0.817. The molecule has 4 nitrogen and oxygen atoms in total. The molecule has 5 heteroatoms. The van der Waals surface area contributed by atoms with E-state index < -0.39 is 0 Å². The minimum atomic E-state index is 0.592. The zero-order valence-electron chi connectivity index (χ0n) is 10.1. The van der Waals surface area contributed by atoms with Gasteiger partial charge in [-0.05, 0) is 19.4 Å². The molecule has 0 bridgehead atoms. The topological polar surface area (TPSA) is 39.9 Å². The molecule has 0 amide bonds. The van der Waals surface area contributed by atoms with Crippen LogP contribution in [0, 0.1) is 13.8 Å². The highest BCUT2D eigenvalue weighted by atomic mass is 79.9. The number of hydrogen-bond acceptors (Lipinski definition) is 3. The predicted octanol–water partition coefficient (Wildman–Crippen LogP) is 3.12. The van der Waals surface area contributed by atoms with Gasteiger partial charge in [0.1, 0.15) is 5.69 Å². The van der Waals surface area contributed by atoms with E-state index in [0.29, 0.717) is 5.88 Å². The van der Waals surface area contributed by atoms with Crippen LogP contribution in [0.15, 0.2) is 18.3 Å². The highest BCUT2D eigenvalue weighted by Crippen LogP contribution is 2.26. The first-order valence-corrected chi connectivity index (χ1v) is 6.43. The third kappa shape index (κ3) is 2.49. The lowest BCUT2D eigenvalue weighted by atomic mass is 10.3. The van der Waals surface area contributed by atoms with Gasteiger partial charge in [0.25, 0.3) is 0 Å². The first-order chi connectivity index (χ1) is 8.11. The summed E-state index contributed by atoms with van der Waals surface area (Å²) < 4.78 is 7.55. The number of rotatable bonds is 3. The van der Waals surface area contributed by atoms with Gasteiger partial charge in [-0.3, -0.25) is 4.68 Å².